The number of rotatable bonds is 4. The molecule has 0 atom stereocenters. The van der Waals surface area contributed by atoms with Crippen LogP contribution in [0.15, 0.2) is 30.5 Å². The van der Waals surface area contributed by atoms with E-state index in [1.165, 1.54) is 12.8 Å². The van der Waals surface area contributed by atoms with Gasteiger partial charge in [0.25, 0.3) is 0 Å². The molecule has 1 saturated carbocycles. The second-order valence-corrected chi connectivity index (χ2v) is 8.79. The van der Waals surface area contributed by atoms with Gasteiger partial charge in [0.1, 0.15) is 11.5 Å². The van der Waals surface area contributed by atoms with Crippen molar-refractivity contribution in [3.63, 3.8) is 0 Å². The molecule has 3 aromatic rings. The highest BCUT2D eigenvalue weighted by Crippen LogP contribution is 2.36. The highest BCUT2D eigenvalue weighted by Gasteiger charge is 2.19. The van der Waals surface area contributed by atoms with Crippen molar-refractivity contribution in [3.05, 3.63) is 40.5 Å². The Morgan fingerprint density at radius 3 is 2.40 bits per heavy atom. The lowest BCUT2D eigenvalue weighted by atomic mass is 10.1. The molecular formula is C22H24Cl2N6. The molecule has 0 amide bonds. The Hall–Kier alpha value is -2.15. The zero-order valence-corrected chi connectivity index (χ0v) is 18.2. The van der Waals surface area contributed by atoms with Crippen LogP contribution in [0, 0.1) is 0 Å². The number of hydrogen-bond acceptors (Lipinski definition) is 6. The van der Waals surface area contributed by atoms with Crippen molar-refractivity contribution in [2.45, 2.75) is 31.7 Å². The van der Waals surface area contributed by atoms with E-state index in [-0.39, 0.29) is 0 Å². The number of fused-ring (bicyclic) bond motifs is 1. The molecule has 1 aliphatic heterocycles. The van der Waals surface area contributed by atoms with E-state index in [0.717, 1.165) is 72.7 Å². The number of piperazine rings is 1. The molecule has 2 aromatic heterocycles. The van der Waals surface area contributed by atoms with Crippen LogP contribution in [-0.2, 0) is 0 Å². The number of halogens is 2. The van der Waals surface area contributed by atoms with Crippen molar-refractivity contribution in [2.75, 3.05) is 36.4 Å². The number of anilines is 2. The van der Waals surface area contributed by atoms with Gasteiger partial charge in [0.15, 0.2) is 5.82 Å². The van der Waals surface area contributed by atoms with E-state index in [4.69, 9.17) is 23.2 Å². The summed E-state index contributed by atoms with van der Waals surface area (Å²) in [6, 6.07) is 8.31. The zero-order chi connectivity index (χ0) is 20.5. The van der Waals surface area contributed by atoms with Crippen LogP contribution in [0.3, 0.4) is 0 Å². The fraction of sp³-hybridized carbons (Fsp3) is 0.409. The SMILES string of the molecule is Clc1cc2c(NC3CCCC3)nnc(-c3ccc(N4CCNCC4)nc3)c2cc1Cl. The average Bonchev–Trinajstić information content (AvgIpc) is 3.29. The fourth-order valence-electron chi connectivity index (χ4n) is 4.34. The third kappa shape index (κ3) is 3.92. The van der Waals surface area contributed by atoms with Gasteiger partial charge in [0.05, 0.1) is 10.0 Å². The maximum atomic E-state index is 6.37. The summed E-state index contributed by atoms with van der Waals surface area (Å²) in [6.45, 7) is 3.89. The fourth-order valence-corrected chi connectivity index (χ4v) is 4.66. The number of nitrogens with zero attached hydrogens (tertiary/aromatic N) is 4. The van der Waals surface area contributed by atoms with E-state index in [0.29, 0.717) is 16.1 Å². The van der Waals surface area contributed by atoms with Gasteiger partial charge in [-0.3, -0.25) is 0 Å². The predicted octanol–water partition coefficient (Wildman–Crippen LogP) is 4.76. The first-order valence-electron chi connectivity index (χ1n) is 10.5. The predicted molar refractivity (Wildman–Crippen MR) is 124 cm³/mol. The summed E-state index contributed by atoms with van der Waals surface area (Å²) < 4.78 is 0. The van der Waals surface area contributed by atoms with Crippen molar-refractivity contribution < 1.29 is 0 Å². The van der Waals surface area contributed by atoms with Gasteiger partial charge < -0.3 is 15.5 Å². The molecule has 1 saturated heterocycles. The van der Waals surface area contributed by atoms with E-state index >= 15 is 0 Å². The highest BCUT2D eigenvalue weighted by molar-refractivity contribution is 6.43. The van der Waals surface area contributed by atoms with Crippen LogP contribution in [0.1, 0.15) is 25.7 Å². The third-order valence-electron chi connectivity index (χ3n) is 5.98. The first-order chi connectivity index (χ1) is 14.7. The number of nitrogens with one attached hydrogen (secondary N) is 2. The van der Waals surface area contributed by atoms with E-state index < -0.39 is 0 Å². The molecule has 5 rings (SSSR count). The van der Waals surface area contributed by atoms with Gasteiger partial charge in [0.2, 0.25) is 0 Å². The summed E-state index contributed by atoms with van der Waals surface area (Å²) >= 11 is 12.7. The molecule has 0 unspecified atom stereocenters. The van der Waals surface area contributed by atoms with Gasteiger partial charge in [-0.1, -0.05) is 36.0 Å². The van der Waals surface area contributed by atoms with Crippen molar-refractivity contribution in [2.24, 2.45) is 0 Å². The monoisotopic (exact) mass is 442 g/mol. The summed E-state index contributed by atoms with van der Waals surface area (Å²) in [5.41, 5.74) is 1.68. The Labute approximate surface area is 186 Å². The van der Waals surface area contributed by atoms with Gasteiger partial charge >= 0.3 is 0 Å². The van der Waals surface area contributed by atoms with Gasteiger partial charge in [-0.15, -0.1) is 10.2 Å². The molecule has 0 spiro atoms. The molecule has 6 nitrogen and oxygen atoms in total. The molecule has 0 bridgehead atoms. The smallest absolute Gasteiger partial charge is 0.156 e. The van der Waals surface area contributed by atoms with Crippen LogP contribution in [0.2, 0.25) is 10.0 Å². The Bertz CT molecular complexity index is 1040. The molecule has 2 aliphatic rings. The molecule has 30 heavy (non-hydrogen) atoms. The summed E-state index contributed by atoms with van der Waals surface area (Å²) in [6.07, 6.45) is 6.68. The minimum Gasteiger partial charge on any atom is -0.365 e. The van der Waals surface area contributed by atoms with Crippen LogP contribution in [0.25, 0.3) is 22.0 Å². The van der Waals surface area contributed by atoms with Crippen LogP contribution >= 0.6 is 23.2 Å². The third-order valence-corrected chi connectivity index (χ3v) is 6.70. The molecular weight excluding hydrogens is 419 g/mol. The summed E-state index contributed by atoms with van der Waals surface area (Å²) in [5.74, 6) is 1.75. The molecule has 1 aliphatic carbocycles. The highest BCUT2D eigenvalue weighted by atomic mass is 35.5. The van der Waals surface area contributed by atoms with Gasteiger partial charge in [-0.25, -0.2) is 4.98 Å². The van der Waals surface area contributed by atoms with E-state index in [1.54, 1.807) is 0 Å². The normalized spacial score (nSPS) is 17.6. The quantitative estimate of drug-likeness (QED) is 0.606. The van der Waals surface area contributed by atoms with Crippen LogP contribution in [-0.4, -0.2) is 47.4 Å². The van der Waals surface area contributed by atoms with E-state index in [2.05, 4.69) is 42.8 Å². The topological polar surface area (TPSA) is 66.0 Å². The molecule has 2 fully saturated rings. The number of pyridine rings is 1. The maximum absolute atomic E-state index is 6.37. The second kappa shape index (κ2) is 8.53. The first kappa shape index (κ1) is 19.8. The number of hydrogen-bond donors (Lipinski definition) is 2. The van der Waals surface area contributed by atoms with Crippen LogP contribution in [0.4, 0.5) is 11.6 Å². The Kier molecular flexibility index (Phi) is 5.63. The largest absolute Gasteiger partial charge is 0.365 e. The number of aromatic nitrogens is 3. The lowest BCUT2D eigenvalue weighted by Crippen LogP contribution is -2.43. The lowest BCUT2D eigenvalue weighted by molar-refractivity contribution is 0.585. The molecule has 1 aromatic carbocycles. The molecule has 156 valence electrons. The summed E-state index contributed by atoms with van der Waals surface area (Å²) in [5, 5.41) is 18.9. The average molecular weight is 443 g/mol. The van der Waals surface area contributed by atoms with Crippen LogP contribution < -0.4 is 15.5 Å². The van der Waals surface area contributed by atoms with Gasteiger partial charge in [-0.05, 0) is 37.1 Å². The molecule has 0 radical (unpaired) electrons. The number of benzene rings is 1. The van der Waals surface area contributed by atoms with E-state index in [9.17, 15) is 0 Å². The Balaban J connectivity index is 1.53. The summed E-state index contributed by atoms with van der Waals surface area (Å²) in [4.78, 5) is 6.97. The van der Waals surface area contributed by atoms with Gasteiger partial charge in [-0.2, -0.15) is 0 Å². The van der Waals surface area contributed by atoms with Crippen molar-refractivity contribution >= 4 is 45.6 Å². The maximum Gasteiger partial charge on any atom is 0.156 e. The van der Waals surface area contributed by atoms with E-state index in [1.807, 2.05) is 18.3 Å². The Morgan fingerprint density at radius 1 is 0.967 bits per heavy atom. The molecule has 8 heteroatoms. The first-order valence-corrected chi connectivity index (χ1v) is 11.3. The van der Waals surface area contributed by atoms with Crippen molar-refractivity contribution in [1.82, 2.24) is 20.5 Å². The molecule has 2 N–H and O–H groups in total. The standard InChI is InChI=1S/C22H24Cl2N6/c23-18-11-16-17(12-19(18)24)22(27-15-3-1-2-4-15)29-28-21(16)14-5-6-20(26-13-14)30-9-7-25-8-10-30/h5-6,11-13,15,25H,1-4,7-10H2,(H,27,29). The van der Waals surface area contributed by atoms with Gasteiger partial charge in [0, 0.05) is 54.8 Å². The van der Waals surface area contributed by atoms with Crippen molar-refractivity contribution in [1.29, 1.82) is 0 Å². The minimum atomic E-state index is 0.433. The minimum absolute atomic E-state index is 0.433. The zero-order valence-electron chi connectivity index (χ0n) is 16.7. The second-order valence-electron chi connectivity index (χ2n) is 7.98. The lowest BCUT2D eigenvalue weighted by Gasteiger charge is -2.28. The van der Waals surface area contributed by atoms with Crippen LogP contribution in [0.5, 0.6) is 0 Å². The molecule has 3 heterocycles. The Morgan fingerprint density at radius 2 is 1.70 bits per heavy atom. The summed E-state index contributed by atoms with van der Waals surface area (Å²) in [7, 11) is 0. The van der Waals surface area contributed by atoms with Crippen molar-refractivity contribution in [3.8, 4) is 11.3 Å².